The van der Waals surface area contributed by atoms with Crippen molar-refractivity contribution >= 4 is 20.9 Å². The van der Waals surface area contributed by atoms with Crippen molar-refractivity contribution in [1.29, 1.82) is 0 Å². The van der Waals surface area contributed by atoms with Gasteiger partial charge in [-0.3, -0.25) is 0 Å². The van der Waals surface area contributed by atoms with Crippen LogP contribution in [0.3, 0.4) is 0 Å². The van der Waals surface area contributed by atoms with Crippen molar-refractivity contribution in [3.8, 4) is 0 Å². The van der Waals surface area contributed by atoms with Crippen LogP contribution in [-0.4, -0.2) is 13.4 Å². The lowest BCUT2D eigenvalue weighted by atomic mass is 10.1. The Kier molecular flexibility index (Phi) is 3.72. The van der Waals surface area contributed by atoms with Gasteiger partial charge in [-0.05, 0) is 42.3 Å². The first-order valence-electron chi connectivity index (χ1n) is 6.78. The molecule has 6 heteroatoms. The maximum atomic E-state index is 13.3. The largest absolute Gasteiger partial charge is 0.361 e. The van der Waals surface area contributed by atoms with Crippen LogP contribution in [0.5, 0.6) is 0 Å². The van der Waals surface area contributed by atoms with Gasteiger partial charge in [0.1, 0.15) is 5.82 Å². The molecule has 0 amide bonds. The van der Waals surface area contributed by atoms with Crippen LogP contribution in [0.4, 0.5) is 4.39 Å². The lowest BCUT2D eigenvalue weighted by Crippen LogP contribution is -2.24. The maximum absolute atomic E-state index is 13.3. The predicted molar refractivity (Wildman–Crippen MR) is 83.5 cm³/mol. The highest BCUT2D eigenvalue weighted by molar-refractivity contribution is 7.89. The summed E-state index contributed by atoms with van der Waals surface area (Å²) in [6.45, 7) is 1.79. The zero-order valence-electron chi connectivity index (χ0n) is 11.9. The Bertz CT molecular complexity index is 932. The van der Waals surface area contributed by atoms with Gasteiger partial charge >= 0.3 is 0 Å². The summed E-state index contributed by atoms with van der Waals surface area (Å²) >= 11 is 0. The van der Waals surface area contributed by atoms with Crippen LogP contribution in [0.25, 0.3) is 10.9 Å². The highest BCUT2D eigenvalue weighted by atomic mass is 32.2. The Morgan fingerprint density at radius 3 is 2.82 bits per heavy atom. The molecule has 2 N–H and O–H groups in total. The smallest absolute Gasteiger partial charge is 0.241 e. The van der Waals surface area contributed by atoms with Crippen LogP contribution in [-0.2, 0) is 16.6 Å². The summed E-state index contributed by atoms with van der Waals surface area (Å²) in [4.78, 5) is 3.04. The Labute approximate surface area is 128 Å². The molecule has 0 spiro atoms. The third-order valence-electron chi connectivity index (χ3n) is 3.58. The Morgan fingerprint density at radius 2 is 2.00 bits per heavy atom. The summed E-state index contributed by atoms with van der Waals surface area (Å²) < 4.78 is 40.6. The molecule has 0 bridgehead atoms. The molecule has 3 aromatic rings. The molecule has 0 fully saturated rings. The Morgan fingerprint density at radius 1 is 1.18 bits per heavy atom. The normalized spacial score (nSPS) is 11.9. The molecule has 0 atom stereocenters. The number of hydrogen-bond acceptors (Lipinski definition) is 2. The summed E-state index contributed by atoms with van der Waals surface area (Å²) in [7, 11) is -3.76. The molecule has 0 aliphatic rings. The van der Waals surface area contributed by atoms with E-state index in [9.17, 15) is 12.8 Å². The van der Waals surface area contributed by atoms with E-state index in [-0.39, 0.29) is 11.4 Å². The van der Waals surface area contributed by atoms with Crippen LogP contribution in [0.15, 0.2) is 53.6 Å². The van der Waals surface area contributed by atoms with Crippen molar-refractivity contribution in [3.63, 3.8) is 0 Å². The number of sulfonamides is 1. The minimum atomic E-state index is -3.76. The number of benzene rings is 2. The number of aryl methyl sites for hydroxylation is 1. The molecule has 0 radical (unpaired) electrons. The van der Waals surface area contributed by atoms with Crippen LogP contribution >= 0.6 is 0 Å². The van der Waals surface area contributed by atoms with Crippen molar-refractivity contribution in [3.05, 3.63) is 65.6 Å². The number of rotatable bonds is 4. The first-order chi connectivity index (χ1) is 10.5. The third-order valence-corrected chi connectivity index (χ3v) is 5.12. The molecule has 1 aromatic heterocycles. The summed E-state index contributed by atoms with van der Waals surface area (Å²) in [5, 5.41) is 0.959. The fourth-order valence-electron chi connectivity index (χ4n) is 2.42. The molecular formula is C16H15FN2O2S. The average molecular weight is 318 g/mol. The van der Waals surface area contributed by atoms with E-state index < -0.39 is 15.8 Å². The van der Waals surface area contributed by atoms with E-state index in [1.54, 1.807) is 13.1 Å². The number of nitrogens with one attached hydrogen (secondary N) is 2. The van der Waals surface area contributed by atoms with Gasteiger partial charge < -0.3 is 4.98 Å². The quantitative estimate of drug-likeness (QED) is 0.776. The first kappa shape index (κ1) is 14.7. The maximum Gasteiger partial charge on any atom is 0.241 e. The minimum absolute atomic E-state index is 0.0336. The summed E-state index contributed by atoms with van der Waals surface area (Å²) in [6, 6.07) is 11.3. The molecular weight excluding hydrogens is 303 g/mol. The van der Waals surface area contributed by atoms with Gasteiger partial charge in [0.2, 0.25) is 10.0 Å². The zero-order valence-corrected chi connectivity index (χ0v) is 12.7. The summed E-state index contributed by atoms with van der Waals surface area (Å²) in [5.41, 5.74) is 2.31. The van der Waals surface area contributed by atoms with Crippen LogP contribution < -0.4 is 4.72 Å². The molecule has 22 heavy (non-hydrogen) atoms. The van der Waals surface area contributed by atoms with Gasteiger partial charge in [-0.1, -0.05) is 18.2 Å². The van der Waals surface area contributed by atoms with E-state index in [1.807, 2.05) is 24.3 Å². The van der Waals surface area contributed by atoms with Gasteiger partial charge in [-0.2, -0.15) is 0 Å². The van der Waals surface area contributed by atoms with Gasteiger partial charge in [0.25, 0.3) is 0 Å². The molecule has 0 aliphatic heterocycles. The lowest BCUT2D eigenvalue weighted by molar-refractivity contribution is 0.576. The van der Waals surface area contributed by atoms with Crippen molar-refractivity contribution in [1.82, 2.24) is 9.71 Å². The number of hydrogen-bond donors (Lipinski definition) is 2. The lowest BCUT2D eigenvalue weighted by Gasteiger charge is -2.10. The van der Waals surface area contributed by atoms with Crippen LogP contribution in [0.2, 0.25) is 0 Å². The number of aromatic nitrogens is 1. The van der Waals surface area contributed by atoms with Gasteiger partial charge in [0.15, 0.2) is 0 Å². The van der Waals surface area contributed by atoms with Gasteiger partial charge in [0, 0.05) is 23.6 Å². The molecule has 0 aliphatic carbocycles. The third kappa shape index (κ3) is 2.75. The van der Waals surface area contributed by atoms with Gasteiger partial charge in [-0.15, -0.1) is 0 Å². The molecule has 114 valence electrons. The van der Waals surface area contributed by atoms with Crippen LogP contribution in [0, 0.1) is 12.7 Å². The number of halogens is 1. The number of fused-ring (bicyclic) bond motifs is 1. The molecule has 4 nitrogen and oxygen atoms in total. The van der Waals surface area contributed by atoms with Gasteiger partial charge in [0.05, 0.1) is 4.90 Å². The van der Waals surface area contributed by atoms with Crippen molar-refractivity contribution in [2.75, 3.05) is 0 Å². The van der Waals surface area contributed by atoms with Crippen molar-refractivity contribution in [2.24, 2.45) is 0 Å². The molecule has 1 heterocycles. The predicted octanol–water partition coefficient (Wildman–Crippen LogP) is 3.09. The Hall–Kier alpha value is -2.18. The fourth-order valence-corrected chi connectivity index (χ4v) is 3.68. The van der Waals surface area contributed by atoms with E-state index in [2.05, 4.69) is 9.71 Å². The SMILES string of the molecule is Cc1ccc(F)cc1S(=O)(=O)NCc1cccc2[nH]ccc12. The molecule has 0 unspecified atom stereocenters. The molecule has 0 saturated heterocycles. The second-order valence-electron chi connectivity index (χ2n) is 5.09. The van der Waals surface area contributed by atoms with E-state index >= 15 is 0 Å². The zero-order chi connectivity index (χ0) is 15.7. The monoisotopic (exact) mass is 318 g/mol. The Balaban J connectivity index is 1.89. The highest BCUT2D eigenvalue weighted by Crippen LogP contribution is 2.20. The number of H-pyrrole nitrogens is 1. The minimum Gasteiger partial charge on any atom is -0.361 e. The van der Waals surface area contributed by atoms with Crippen LogP contribution in [0.1, 0.15) is 11.1 Å². The second kappa shape index (κ2) is 5.55. The molecule has 3 rings (SSSR count). The highest BCUT2D eigenvalue weighted by Gasteiger charge is 2.17. The number of aromatic amines is 1. The van der Waals surface area contributed by atoms with E-state index in [4.69, 9.17) is 0 Å². The van der Waals surface area contributed by atoms with E-state index in [0.29, 0.717) is 5.56 Å². The molecule has 2 aromatic carbocycles. The van der Waals surface area contributed by atoms with Crippen molar-refractivity contribution in [2.45, 2.75) is 18.4 Å². The first-order valence-corrected chi connectivity index (χ1v) is 8.26. The fraction of sp³-hybridized carbons (Fsp3) is 0.125. The second-order valence-corrected chi connectivity index (χ2v) is 6.83. The summed E-state index contributed by atoms with van der Waals surface area (Å²) in [6.07, 6.45) is 1.80. The van der Waals surface area contributed by atoms with Gasteiger partial charge in [-0.25, -0.2) is 17.5 Å². The standard InChI is InChI=1S/C16H15FN2O2S/c1-11-5-6-13(17)9-16(11)22(20,21)19-10-12-3-2-4-15-14(12)7-8-18-15/h2-9,18-19H,10H2,1H3. The van der Waals surface area contributed by atoms with E-state index in [0.717, 1.165) is 22.5 Å². The average Bonchev–Trinajstić information content (AvgIpc) is 2.96. The van der Waals surface area contributed by atoms with Crippen molar-refractivity contribution < 1.29 is 12.8 Å². The molecule has 0 saturated carbocycles. The van der Waals surface area contributed by atoms with E-state index in [1.165, 1.54) is 12.1 Å². The summed E-state index contributed by atoms with van der Waals surface area (Å²) in [5.74, 6) is -0.571. The topological polar surface area (TPSA) is 62.0 Å².